The van der Waals surface area contributed by atoms with Crippen LogP contribution in [-0.4, -0.2) is 37.1 Å². The molecule has 1 fully saturated rings. The Labute approximate surface area is 125 Å². The van der Waals surface area contributed by atoms with E-state index in [-0.39, 0.29) is 0 Å². The topological polar surface area (TPSA) is 63.1 Å². The number of rotatable bonds is 7. The third-order valence-electron chi connectivity index (χ3n) is 3.47. The highest BCUT2D eigenvalue weighted by molar-refractivity contribution is 8.00. The molecule has 7 heteroatoms. The van der Waals surface area contributed by atoms with Crippen molar-refractivity contribution in [3.05, 3.63) is 18.0 Å². The Morgan fingerprint density at radius 3 is 2.95 bits per heavy atom. The number of hydrogen-bond donors (Lipinski definition) is 2. The molecule has 1 unspecified atom stereocenters. The lowest BCUT2D eigenvalue weighted by Gasteiger charge is -2.09. The molecule has 1 aromatic heterocycles. The van der Waals surface area contributed by atoms with Gasteiger partial charge < -0.3 is 9.88 Å². The molecule has 1 saturated heterocycles. The molecule has 0 saturated carbocycles. The molecule has 0 radical (unpaired) electrons. The van der Waals surface area contributed by atoms with Gasteiger partial charge in [0.1, 0.15) is 0 Å². The van der Waals surface area contributed by atoms with Gasteiger partial charge in [-0.2, -0.15) is 11.8 Å². The third kappa shape index (κ3) is 4.00. The minimum atomic E-state index is -3.39. The molecule has 1 aromatic rings. The van der Waals surface area contributed by atoms with E-state index < -0.39 is 10.0 Å². The second-order valence-corrected chi connectivity index (χ2v) is 8.22. The summed E-state index contributed by atoms with van der Waals surface area (Å²) in [5.74, 6) is 1.14. The van der Waals surface area contributed by atoms with Crippen LogP contribution in [0.1, 0.15) is 25.5 Å². The summed E-state index contributed by atoms with van der Waals surface area (Å²) in [7, 11) is -1.51. The molecule has 0 aliphatic carbocycles. The molecular formula is C13H23N3O2S2. The molecule has 1 atom stereocenters. The standard InChI is InChI=1S/C13H23N3O2S2/c1-3-14-8-11-7-13(10-16(11)2)20(17,18)15-9-12-5-4-6-19-12/h7,10,12,14-15H,3-6,8-9H2,1-2H3. The van der Waals surface area contributed by atoms with Crippen LogP contribution in [0.15, 0.2) is 17.2 Å². The largest absolute Gasteiger partial charge is 0.352 e. The molecule has 2 heterocycles. The average molecular weight is 317 g/mol. The Kier molecular flexibility index (Phi) is 5.54. The first-order chi connectivity index (χ1) is 9.53. The highest BCUT2D eigenvalue weighted by Gasteiger charge is 2.21. The van der Waals surface area contributed by atoms with E-state index in [4.69, 9.17) is 0 Å². The molecule has 2 N–H and O–H groups in total. The van der Waals surface area contributed by atoms with Crippen molar-refractivity contribution in [2.45, 2.75) is 36.5 Å². The molecule has 1 aliphatic rings. The van der Waals surface area contributed by atoms with Gasteiger partial charge in [0.2, 0.25) is 10.0 Å². The predicted molar refractivity (Wildman–Crippen MR) is 83.5 cm³/mol. The van der Waals surface area contributed by atoms with E-state index in [2.05, 4.69) is 10.0 Å². The van der Waals surface area contributed by atoms with Crippen LogP contribution >= 0.6 is 11.8 Å². The summed E-state index contributed by atoms with van der Waals surface area (Å²) in [5.41, 5.74) is 0.975. The van der Waals surface area contributed by atoms with Gasteiger partial charge in [-0.15, -0.1) is 0 Å². The number of thioether (sulfide) groups is 1. The van der Waals surface area contributed by atoms with Crippen molar-refractivity contribution in [2.75, 3.05) is 18.8 Å². The van der Waals surface area contributed by atoms with Crippen LogP contribution in [0.5, 0.6) is 0 Å². The maximum absolute atomic E-state index is 12.3. The quantitative estimate of drug-likeness (QED) is 0.796. The summed E-state index contributed by atoms with van der Waals surface area (Å²) in [6.45, 7) is 4.11. The van der Waals surface area contributed by atoms with Gasteiger partial charge in [-0.25, -0.2) is 13.1 Å². The number of hydrogen-bond acceptors (Lipinski definition) is 4. The SMILES string of the molecule is CCNCc1cc(S(=O)(=O)NCC2CCCS2)cn1C. The Bertz CT molecular complexity index is 534. The van der Waals surface area contributed by atoms with Crippen molar-refractivity contribution < 1.29 is 8.42 Å². The summed E-state index contributed by atoms with van der Waals surface area (Å²) in [6, 6.07) is 1.74. The van der Waals surface area contributed by atoms with Crippen LogP contribution in [0.25, 0.3) is 0 Å². The van der Waals surface area contributed by atoms with Crippen molar-refractivity contribution >= 4 is 21.8 Å². The van der Waals surface area contributed by atoms with Crippen molar-refractivity contribution in [1.29, 1.82) is 0 Å². The summed E-state index contributed by atoms with van der Waals surface area (Å²) >= 11 is 1.86. The lowest BCUT2D eigenvalue weighted by molar-refractivity contribution is 0.579. The molecular weight excluding hydrogens is 294 g/mol. The second kappa shape index (κ2) is 6.98. The second-order valence-electron chi connectivity index (χ2n) is 5.05. The fraction of sp³-hybridized carbons (Fsp3) is 0.692. The number of nitrogens with zero attached hydrogens (tertiary/aromatic N) is 1. The number of nitrogens with one attached hydrogen (secondary N) is 2. The van der Waals surface area contributed by atoms with Crippen LogP contribution < -0.4 is 10.0 Å². The maximum atomic E-state index is 12.3. The van der Waals surface area contributed by atoms with Crippen molar-refractivity contribution in [3.63, 3.8) is 0 Å². The lowest BCUT2D eigenvalue weighted by Crippen LogP contribution is -2.29. The smallest absolute Gasteiger partial charge is 0.242 e. The minimum absolute atomic E-state index is 0.357. The first-order valence-electron chi connectivity index (χ1n) is 7.00. The predicted octanol–water partition coefficient (Wildman–Crippen LogP) is 1.31. The first-order valence-corrected chi connectivity index (χ1v) is 9.53. The monoisotopic (exact) mass is 317 g/mol. The Hall–Kier alpha value is -0.500. The maximum Gasteiger partial charge on any atom is 0.242 e. The van der Waals surface area contributed by atoms with E-state index in [1.54, 1.807) is 12.3 Å². The first kappa shape index (κ1) is 15.9. The Morgan fingerprint density at radius 2 is 2.30 bits per heavy atom. The molecule has 114 valence electrons. The van der Waals surface area contributed by atoms with E-state index in [0.29, 0.717) is 23.2 Å². The molecule has 0 amide bonds. The van der Waals surface area contributed by atoms with Gasteiger partial charge in [-0.3, -0.25) is 0 Å². The Morgan fingerprint density at radius 1 is 1.50 bits per heavy atom. The zero-order chi connectivity index (χ0) is 14.6. The third-order valence-corrected chi connectivity index (χ3v) is 6.26. The van der Waals surface area contributed by atoms with Crippen LogP contribution in [0.4, 0.5) is 0 Å². The van der Waals surface area contributed by atoms with Crippen molar-refractivity contribution in [1.82, 2.24) is 14.6 Å². The van der Waals surface area contributed by atoms with Gasteiger partial charge in [0.05, 0.1) is 4.90 Å². The van der Waals surface area contributed by atoms with Gasteiger partial charge in [-0.05, 0) is 31.2 Å². The Balaban J connectivity index is 2.00. The molecule has 20 heavy (non-hydrogen) atoms. The molecule has 1 aliphatic heterocycles. The molecule has 0 bridgehead atoms. The molecule has 5 nitrogen and oxygen atoms in total. The normalized spacial score (nSPS) is 19.6. The van der Waals surface area contributed by atoms with E-state index in [1.165, 1.54) is 6.42 Å². The van der Waals surface area contributed by atoms with Crippen molar-refractivity contribution in [3.8, 4) is 0 Å². The van der Waals surface area contributed by atoms with Gasteiger partial charge in [0.15, 0.2) is 0 Å². The van der Waals surface area contributed by atoms with Gasteiger partial charge >= 0.3 is 0 Å². The van der Waals surface area contributed by atoms with E-state index in [0.717, 1.165) is 24.4 Å². The summed E-state index contributed by atoms with van der Waals surface area (Å²) in [6.07, 6.45) is 3.97. The average Bonchev–Trinajstić information content (AvgIpc) is 3.04. The fourth-order valence-electron chi connectivity index (χ4n) is 2.24. The van der Waals surface area contributed by atoms with Crippen molar-refractivity contribution in [2.24, 2.45) is 7.05 Å². The fourth-order valence-corrected chi connectivity index (χ4v) is 4.73. The number of sulfonamides is 1. The van der Waals surface area contributed by atoms with Crippen LogP contribution in [0.2, 0.25) is 0 Å². The van der Waals surface area contributed by atoms with Gasteiger partial charge in [0.25, 0.3) is 0 Å². The number of aryl methyl sites for hydroxylation is 1. The van der Waals surface area contributed by atoms with E-state index >= 15 is 0 Å². The van der Waals surface area contributed by atoms with Crippen LogP contribution in [0, 0.1) is 0 Å². The number of aromatic nitrogens is 1. The van der Waals surface area contributed by atoms with Gasteiger partial charge in [0, 0.05) is 37.3 Å². The van der Waals surface area contributed by atoms with Crippen LogP contribution in [0.3, 0.4) is 0 Å². The molecule has 0 spiro atoms. The van der Waals surface area contributed by atoms with Crippen LogP contribution in [-0.2, 0) is 23.6 Å². The van der Waals surface area contributed by atoms with Gasteiger partial charge in [-0.1, -0.05) is 6.92 Å². The molecule has 0 aromatic carbocycles. The zero-order valence-corrected chi connectivity index (χ0v) is 13.7. The van der Waals surface area contributed by atoms with E-state index in [9.17, 15) is 8.42 Å². The van der Waals surface area contributed by atoms with E-state index in [1.807, 2.05) is 30.3 Å². The molecule has 2 rings (SSSR count). The highest BCUT2D eigenvalue weighted by atomic mass is 32.2. The summed E-state index contributed by atoms with van der Waals surface area (Å²) in [4.78, 5) is 0.357. The lowest BCUT2D eigenvalue weighted by atomic mass is 10.2. The summed E-state index contributed by atoms with van der Waals surface area (Å²) < 4.78 is 29.1. The zero-order valence-electron chi connectivity index (χ0n) is 12.1. The summed E-state index contributed by atoms with van der Waals surface area (Å²) in [5, 5.41) is 3.63. The minimum Gasteiger partial charge on any atom is -0.352 e. The highest BCUT2D eigenvalue weighted by Crippen LogP contribution is 2.25.